The van der Waals surface area contributed by atoms with Crippen LogP contribution in [0.4, 0.5) is 5.69 Å². The third-order valence-corrected chi connectivity index (χ3v) is 5.77. The Bertz CT molecular complexity index is 969. The molecule has 0 aliphatic carbocycles. The van der Waals surface area contributed by atoms with Crippen molar-refractivity contribution in [3.63, 3.8) is 0 Å². The summed E-state index contributed by atoms with van der Waals surface area (Å²) >= 11 is 11.9. The number of fused-ring (bicyclic) bond motifs is 4. The smallest absolute Gasteiger partial charge is 0.317 e. The first-order chi connectivity index (χ1) is 13.4. The molecule has 0 radical (unpaired) electrons. The molecule has 1 N–H and O–H groups in total. The molecule has 28 heavy (non-hydrogen) atoms. The Morgan fingerprint density at radius 3 is 2.71 bits per heavy atom. The number of benzene rings is 2. The Balaban J connectivity index is 1.94. The molecule has 146 valence electrons. The van der Waals surface area contributed by atoms with E-state index in [9.17, 15) is 4.79 Å². The predicted octanol–water partition coefficient (Wildman–Crippen LogP) is 3.68. The van der Waals surface area contributed by atoms with Crippen molar-refractivity contribution in [2.45, 2.75) is 18.7 Å². The van der Waals surface area contributed by atoms with Crippen LogP contribution in [-0.2, 0) is 9.53 Å². The van der Waals surface area contributed by atoms with Crippen molar-refractivity contribution < 1.29 is 19.0 Å². The van der Waals surface area contributed by atoms with Crippen molar-refractivity contribution in [3.05, 3.63) is 53.1 Å². The minimum absolute atomic E-state index is 0.400. The number of para-hydroxylation sites is 1. The maximum Gasteiger partial charge on any atom is 0.317 e. The zero-order valence-electron chi connectivity index (χ0n) is 15.6. The summed E-state index contributed by atoms with van der Waals surface area (Å²) in [4.78, 5) is 14.6. The number of rotatable bonds is 3. The quantitative estimate of drug-likeness (QED) is 0.602. The number of hydrogen-bond acceptors (Lipinski definition) is 5. The van der Waals surface area contributed by atoms with Gasteiger partial charge in [-0.1, -0.05) is 29.8 Å². The fraction of sp³-hybridized carbons (Fsp3) is 0.300. The summed E-state index contributed by atoms with van der Waals surface area (Å²) in [6, 6.07) is 12.4. The van der Waals surface area contributed by atoms with E-state index in [1.165, 1.54) is 7.11 Å². The normalized spacial score (nSPS) is 25.3. The lowest BCUT2D eigenvalue weighted by atomic mass is 9.79. The second-order valence-corrected chi connectivity index (χ2v) is 7.60. The standard InChI is InChI=1S/C20H19ClN2O4S/c1-20-15(18(24)26-3)16(13-8-5-9-14(25-2)17(13)27-20)22-19(28)23(20)12-7-4-6-11(21)10-12/h4-10,15-16H,1-3H3,(H,22,28). The first-order valence-corrected chi connectivity index (χ1v) is 9.49. The Morgan fingerprint density at radius 2 is 2.04 bits per heavy atom. The Hall–Kier alpha value is -2.51. The lowest BCUT2D eigenvalue weighted by molar-refractivity contribution is -0.157. The molecule has 2 aliphatic heterocycles. The molecule has 2 bridgehead atoms. The van der Waals surface area contributed by atoms with Gasteiger partial charge in [0.05, 0.1) is 20.3 Å². The van der Waals surface area contributed by atoms with Crippen LogP contribution in [0, 0.1) is 5.92 Å². The monoisotopic (exact) mass is 418 g/mol. The molecule has 1 saturated heterocycles. The van der Waals surface area contributed by atoms with E-state index in [0.717, 1.165) is 5.56 Å². The Morgan fingerprint density at radius 1 is 1.29 bits per heavy atom. The number of halogens is 1. The molecule has 2 aromatic rings. The number of anilines is 1. The third kappa shape index (κ3) is 2.69. The van der Waals surface area contributed by atoms with E-state index < -0.39 is 23.7 Å². The van der Waals surface area contributed by atoms with Crippen LogP contribution in [0.1, 0.15) is 18.5 Å². The number of carbonyl (C=O) groups excluding carboxylic acids is 1. The van der Waals surface area contributed by atoms with Gasteiger partial charge in [-0.15, -0.1) is 0 Å². The number of nitrogens with zero attached hydrogens (tertiary/aromatic N) is 1. The van der Waals surface area contributed by atoms with Gasteiger partial charge in [0.25, 0.3) is 0 Å². The van der Waals surface area contributed by atoms with Crippen LogP contribution in [0.2, 0.25) is 5.02 Å². The van der Waals surface area contributed by atoms with E-state index in [0.29, 0.717) is 27.3 Å². The van der Waals surface area contributed by atoms with E-state index in [1.54, 1.807) is 24.1 Å². The van der Waals surface area contributed by atoms with E-state index in [-0.39, 0.29) is 0 Å². The average Bonchev–Trinajstić information content (AvgIpc) is 2.66. The third-order valence-electron chi connectivity index (χ3n) is 5.23. The van der Waals surface area contributed by atoms with Gasteiger partial charge in [0.1, 0.15) is 5.92 Å². The largest absolute Gasteiger partial charge is 0.493 e. The summed E-state index contributed by atoms with van der Waals surface area (Å²) in [5, 5.41) is 4.28. The molecule has 0 aromatic heterocycles. The molecule has 3 atom stereocenters. The van der Waals surface area contributed by atoms with Gasteiger partial charge < -0.3 is 19.5 Å². The van der Waals surface area contributed by atoms with Gasteiger partial charge in [-0.3, -0.25) is 9.69 Å². The molecule has 0 amide bonds. The summed E-state index contributed by atoms with van der Waals surface area (Å²) < 4.78 is 17.1. The second kappa shape index (κ2) is 6.83. The Labute approximate surface area is 173 Å². The fourth-order valence-corrected chi connectivity index (χ4v) is 4.62. The highest BCUT2D eigenvalue weighted by atomic mass is 35.5. The van der Waals surface area contributed by atoms with Crippen molar-refractivity contribution >= 4 is 40.6 Å². The molecule has 2 heterocycles. The summed E-state index contributed by atoms with van der Waals surface area (Å²) in [7, 11) is 2.95. The molecular formula is C20H19ClN2O4S. The molecule has 6 nitrogen and oxygen atoms in total. The van der Waals surface area contributed by atoms with Gasteiger partial charge >= 0.3 is 5.97 Å². The Kier molecular flexibility index (Phi) is 4.59. The topological polar surface area (TPSA) is 60.0 Å². The van der Waals surface area contributed by atoms with Gasteiger partial charge in [0.15, 0.2) is 16.6 Å². The molecular weight excluding hydrogens is 400 g/mol. The van der Waals surface area contributed by atoms with Crippen LogP contribution in [-0.4, -0.2) is 31.0 Å². The minimum Gasteiger partial charge on any atom is -0.493 e. The number of thiocarbonyl (C=S) groups is 1. The number of methoxy groups -OCH3 is 2. The minimum atomic E-state index is -1.15. The van der Waals surface area contributed by atoms with E-state index >= 15 is 0 Å². The van der Waals surface area contributed by atoms with Gasteiger partial charge in [-0.25, -0.2) is 0 Å². The van der Waals surface area contributed by atoms with Gasteiger partial charge in [0.2, 0.25) is 5.72 Å². The predicted molar refractivity (Wildman–Crippen MR) is 110 cm³/mol. The number of nitrogens with one attached hydrogen (secondary N) is 1. The van der Waals surface area contributed by atoms with Crippen LogP contribution in [0.25, 0.3) is 0 Å². The second-order valence-electron chi connectivity index (χ2n) is 6.78. The van der Waals surface area contributed by atoms with Crippen LogP contribution < -0.4 is 19.7 Å². The number of ether oxygens (including phenoxy) is 3. The first-order valence-electron chi connectivity index (χ1n) is 8.70. The van der Waals surface area contributed by atoms with Crippen LogP contribution in [0.15, 0.2) is 42.5 Å². The van der Waals surface area contributed by atoms with Crippen molar-refractivity contribution in [2.75, 3.05) is 19.1 Å². The lowest BCUT2D eigenvalue weighted by Gasteiger charge is -2.55. The zero-order valence-corrected chi connectivity index (χ0v) is 17.1. The highest BCUT2D eigenvalue weighted by Crippen LogP contribution is 2.52. The van der Waals surface area contributed by atoms with Gasteiger partial charge in [0, 0.05) is 16.3 Å². The summed E-state index contributed by atoms with van der Waals surface area (Å²) in [5.74, 6) is 0.0724. The number of hydrogen-bond donors (Lipinski definition) is 1. The van der Waals surface area contributed by atoms with Crippen LogP contribution >= 0.6 is 23.8 Å². The van der Waals surface area contributed by atoms with Gasteiger partial charge in [-0.05, 0) is 43.4 Å². The van der Waals surface area contributed by atoms with E-state index in [2.05, 4.69) is 5.32 Å². The van der Waals surface area contributed by atoms with Crippen molar-refractivity contribution in [3.8, 4) is 11.5 Å². The molecule has 2 aliphatic rings. The number of esters is 1. The van der Waals surface area contributed by atoms with Crippen molar-refractivity contribution in [1.29, 1.82) is 0 Å². The van der Waals surface area contributed by atoms with Crippen molar-refractivity contribution in [1.82, 2.24) is 5.32 Å². The average molecular weight is 419 g/mol. The van der Waals surface area contributed by atoms with Gasteiger partial charge in [-0.2, -0.15) is 0 Å². The SMILES string of the molecule is COC(=O)C1C2NC(=S)N(c3cccc(Cl)c3)C1(C)Oc1c(OC)cccc12. The number of carbonyl (C=O) groups is 1. The van der Waals surface area contributed by atoms with Crippen molar-refractivity contribution in [2.24, 2.45) is 5.92 Å². The lowest BCUT2D eigenvalue weighted by Crippen LogP contribution is -2.71. The molecule has 0 spiro atoms. The zero-order chi connectivity index (χ0) is 20.1. The van der Waals surface area contributed by atoms with E-state index in [4.69, 9.17) is 38.0 Å². The van der Waals surface area contributed by atoms with Crippen LogP contribution in [0.3, 0.4) is 0 Å². The molecule has 1 fully saturated rings. The maximum atomic E-state index is 12.8. The summed E-state index contributed by atoms with van der Waals surface area (Å²) in [6.07, 6.45) is 0. The molecule has 2 aromatic carbocycles. The summed E-state index contributed by atoms with van der Waals surface area (Å²) in [6.45, 7) is 1.82. The fourth-order valence-electron chi connectivity index (χ4n) is 4.02. The molecule has 3 unspecified atom stereocenters. The highest BCUT2D eigenvalue weighted by Gasteiger charge is 2.60. The molecule has 0 saturated carbocycles. The van der Waals surface area contributed by atoms with Crippen LogP contribution in [0.5, 0.6) is 11.5 Å². The molecule has 4 rings (SSSR count). The highest BCUT2D eigenvalue weighted by molar-refractivity contribution is 7.80. The maximum absolute atomic E-state index is 12.8. The first kappa shape index (κ1) is 18.8. The van der Waals surface area contributed by atoms with E-state index in [1.807, 2.05) is 37.3 Å². The molecule has 8 heteroatoms. The summed E-state index contributed by atoms with van der Waals surface area (Å²) in [5.41, 5.74) is 0.352.